The van der Waals surface area contributed by atoms with Crippen molar-refractivity contribution in [2.24, 2.45) is 23.5 Å². The maximum Gasteiger partial charge on any atom is 0.364 e. The molecule has 8 saturated heterocycles. The first kappa shape index (κ1) is 78.7. The van der Waals surface area contributed by atoms with Crippen molar-refractivity contribution in [3.05, 3.63) is 0 Å². The lowest BCUT2D eigenvalue weighted by molar-refractivity contribution is -0.403. The molecule has 8 fully saturated rings. The molecule has 8 aliphatic rings. The number of nitrogens with two attached hydrogens (primary N) is 1. The lowest BCUT2D eigenvalue weighted by Gasteiger charge is -2.51. The van der Waals surface area contributed by atoms with Crippen LogP contribution in [0, 0.1) is 17.8 Å². The first-order valence-corrected chi connectivity index (χ1v) is 31.2. The number of hydrogen-bond donors (Lipinski definition) is 24. The van der Waals surface area contributed by atoms with E-state index in [2.05, 4.69) is 0 Å². The van der Waals surface area contributed by atoms with Crippen LogP contribution in [-0.2, 0) is 75.8 Å². The molecule has 40 heteroatoms. The van der Waals surface area contributed by atoms with Crippen LogP contribution in [0.5, 0.6) is 0 Å². The van der Waals surface area contributed by atoms with Crippen molar-refractivity contribution < 1.29 is 193 Å². The summed E-state index contributed by atoms with van der Waals surface area (Å²) in [6, 6.07) is -1.61. The molecule has 554 valence electrons. The first-order chi connectivity index (χ1) is 44.9. The van der Waals surface area contributed by atoms with Crippen LogP contribution in [0.15, 0.2) is 0 Å². The maximum absolute atomic E-state index is 12.9. The van der Waals surface area contributed by atoms with Crippen LogP contribution in [0.3, 0.4) is 0 Å². The van der Waals surface area contributed by atoms with E-state index in [0.29, 0.717) is 0 Å². The molecule has 0 aromatic carbocycles. The van der Waals surface area contributed by atoms with Crippen molar-refractivity contribution in [3.8, 4) is 0 Å². The van der Waals surface area contributed by atoms with Crippen LogP contribution < -0.4 is 5.73 Å². The average Bonchev–Trinajstić information content (AvgIpc) is 0.860. The molecule has 95 heavy (non-hydrogen) atoms. The average molecular weight is 1390 g/mol. The molecule has 0 aromatic rings. The largest absolute Gasteiger partial charge is 0.477 e. The number of hydrogen-bond acceptors (Lipinski definition) is 39. The van der Waals surface area contributed by atoms with E-state index in [1.807, 2.05) is 0 Å². The predicted molar refractivity (Wildman–Crippen MR) is 297 cm³/mol. The molecule has 40 nitrogen and oxygen atoms in total. The number of carbonyl (C=O) groups is 1. The molecule has 0 spiro atoms. The Kier molecular flexibility index (Phi) is 27.6. The van der Waals surface area contributed by atoms with Gasteiger partial charge in [0.05, 0.1) is 89.4 Å². The zero-order chi connectivity index (χ0) is 70.1. The second-order valence-corrected chi connectivity index (χ2v) is 25.3. The summed E-state index contributed by atoms with van der Waals surface area (Å²) >= 11 is 0. The number of aliphatic hydroxyl groups excluding tert-OH is 22. The number of aliphatic hydroxyl groups is 22. The minimum absolute atomic E-state index is 0.505. The third kappa shape index (κ3) is 16.3. The van der Waals surface area contributed by atoms with E-state index in [1.54, 1.807) is 13.8 Å². The molecular formula is C55H95NO39. The fraction of sp³-hybridized carbons (Fsp3) is 0.982. The fourth-order valence-electron chi connectivity index (χ4n) is 12.8. The number of aliphatic carboxylic acids is 1. The molecule has 0 bridgehead atoms. The van der Waals surface area contributed by atoms with Gasteiger partial charge in [-0.2, -0.15) is 0 Å². The Balaban J connectivity index is 1.03. The lowest BCUT2D eigenvalue weighted by Crippen LogP contribution is -2.70. The summed E-state index contributed by atoms with van der Waals surface area (Å²) in [5.41, 5.74) is 5.97. The Hall–Kier alpha value is -2.05. The second-order valence-electron chi connectivity index (χ2n) is 25.3. The van der Waals surface area contributed by atoms with E-state index in [4.69, 9.17) is 76.8 Å². The molecule has 0 aromatic heterocycles. The molecule has 8 aliphatic heterocycles. The van der Waals surface area contributed by atoms with Crippen molar-refractivity contribution in [1.29, 1.82) is 0 Å². The summed E-state index contributed by atoms with van der Waals surface area (Å²) in [6.07, 6.45) is -67.6. The lowest BCUT2D eigenvalue weighted by atomic mass is 9.88. The summed E-state index contributed by atoms with van der Waals surface area (Å²) < 4.78 is 88.5. The quantitative estimate of drug-likeness (QED) is 0.0404. The molecule has 25 N–H and O–H groups in total. The van der Waals surface area contributed by atoms with E-state index in [1.165, 1.54) is 13.8 Å². The molecular weight excluding hydrogens is 1300 g/mol. The fourth-order valence-corrected chi connectivity index (χ4v) is 12.8. The minimum Gasteiger partial charge on any atom is -0.477 e. The van der Waals surface area contributed by atoms with E-state index >= 15 is 0 Å². The van der Waals surface area contributed by atoms with E-state index in [-0.39, 0.29) is 0 Å². The zero-order valence-corrected chi connectivity index (χ0v) is 51.9. The Bertz CT molecular complexity index is 2360. The highest BCUT2D eigenvalue weighted by atomic mass is 16.8. The molecule has 8 rings (SSSR count). The highest BCUT2D eigenvalue weighted by molar-refractivity contribution is 5.76. The highest BCUT2D eigenvalue weighted by Crippen LogP contribution is 2.42. The van der Waals surface area contributed by atoms with Crippen LogP contribution in [-0.4, -0.2) is 409 Å². The van der Waals surface area contributed by atoms with Crippen LogP contribution >= 0.6 is 0 Å². The van der Waals surface area contributed by atoms with Gasteiger partial charge >= 0.3 is 5.97 Å². The van der Waals surface area contributed by atoms with Crippen LogP contribution in [0.4, 0.5) is 0 Å². The molecule has 15 unspecified atom stereocenters. The standard InChI is InChI=1S/C55H95NO39/c1-14-17(4)82-23(10-61)41(28(14)66)89-48-15(2)29(67)42(24(11-62)86-48)90-51-39(77)45(35(73)26(88-51)13-81-50-38(76)36(74)32(70)20(7-58)83-50)92-53-47(37(75)33(71)21(8-59)85-53)93-49-16(3)30(68)43(25(12-63)87-49)91-52-40(78)46(34(72)22(9-60)84-52)95-55(54(79)80)5-18(64)27(56)44(94-55)31(69)19(65)6-57/h14-53,57-78H,5-13,56H2,1-4H3,(H,79,80)/t14?,15?,16-,17-,18+,19+,20?,21+,22?,23?,24?,25?,26?,27+,28+,29+,30?,31+,32+,33+,34-,35+,36?,37?,38+,39+,40-,41+,42+,43+,44?,45?,46?,47?,48-,49-,50-,51-,52-,53+,55-/m0/s1. The molecule has 0 saturated carbocycles. The molecule has 0 aliphatic carbocycles. The number of carboxylic acid groups (broad SMARTS) is 1. The number of ether oxygens (including phenoxy) is 15. The minimum atomic E-state index is -3.12. The van der Waals surface area contributed by atoms with Gasteiger partial charge in [-0.25, -0.2) is 4.79 Å². The predicted octanol–water partition coefficient (Wildman–Crippen LogP) is -14.4. The van der Waals surface area contributed by atoms with Crippen molar-refractivity contribution in [2.45, 2.75) is 267 Å². The molecule has 41 atom stereocenters. The third-order valence-electron chi connectivity index (χ3n) is 19.1. The zero-order valence-electron chi connectivity index (χ0n) is 51.9. The molecule has 0 amide bonds. The monoisotopic (exact) mass is 1390 g/mol. The van der Waals surface area contributed by atoms with Gasteiger partial charge in [0.2, 0.25) is 0 Å². The first-order valence-electron chi connectivity index (χ1n) is 31.2. The number of rotatable bonds is 25. The van der Waals surface area contributed by atoms with Gasteiger partial charge < -0.3 is 194 Å². The van der Waals surface area contributed by atoms with Gasteiger partial charge in [0.15, 0.2) is 37.7 Å². The summed E-state index contributed by atoms with van der Waals surface area (Å²) in [6.45, 7) is -1.58. The molecule has 0 radical (unpaired) electrons. The van der Waals surface area contributed by atoms with Crippen LogP contribution in [0.2, 0.25) is 0 Å². The van der Waals surface area contributed by atoms with Gasteiger partial charge in [-0.1, -0.05) is 20.8 Å². The summed E-state index contributed by atoms with van der Waals surface area (Å²) in [5.74, 6) is -8.21. The van der Waals surface area contributed by atoms with Crippen LogP contribution in [0.1, 0.15) is 34.1 Å². The van der Waals surface area contributed by atoms with E-state index < -0.39 is 316 Å². The number of carboxylic acids is 1. The van der Waals surface area contributed by atoms with Gasteiger partial charge in [0.1, 0.15) is 153 Å². The Morgan fingerprint density at radius 3 is 1.34 bits per heavy atom. The van der Waals surface area contributed by atoms with Gasteiger partial charge in [0, 0.05) is 24.2 Å². The maximum atomic E-state index is 12.9. The van der Waals surface area contributed by atoms with Crippen molar-refractivity contribution in [2.75, 3.05) is 52.9 Å². The van der Waals surface area contributed by atoms with Crippen LogP contribution in [0.25, 0.3) is 0 Å². The van der Waals surface area contributed by atoms with Crippen molar-refractivity contribution in [3.63, 3.8) is 0 Å². The van der Waals surface area contributed by atoms with E-state index in [0.717, 1.165) is 0 Å². The summed E-state index contributed by atoms with van der Waals surface area (Å²) in [7, 11) is 0. The highest BCUT2D eigenvalue weighted by Gasteiger charge is 2.62. The molecule has 8 heterocycles. The van der Waals surface area contributed by atoms with Gasteiger partial charge in [-0.3, -0.25) is 0 Å². The second kappa shape index (κ2) is 33.4. The Morgan fingerprint density at radius 1 is 0.432 bits per heavy atom. The SMILES string of the molecule is CC1[C@H](O[C@@H]2C(CO)O[C@@H](C)C(C)[C@H]2O)OC(CO)[C@@H](O[C@@H]2OC(CO[C@H]3OC(CO)[C@@H](O)C(O)[C@H]3O)[C@@H](O)C(O[C@H]3O[C@H](CO)[C@@H](O)C(O)C3O[C@@H]3OC(CO)[C@@H](O[C@@H]4OC(CO)[C@H](O)C(O[C@]5(C(=O)O)C[C@@H](O)[C@@H](N)C([C@H](O)[C@H](O)CO)O5)[C@@H]4O)C(O)[C@@H]3C)[C@H]2O)[C@@H]1O. The topological polar surface area (TPSA) is 647 Å². The van der Waals surface area contributed by atoms with Crippen molar-refractivity contribution in [1.82, 2.24) is 0 Å². The van der Waals surface area contributed by atoms with Gasteiger partial charge in [-0.15, -0.1) is 0 Å². The van der Waals surface area contributed by atoms with Gasteiger partial charge in [-0.05, 0) is 6.92 Å². The summed E-state index contributed by atoms with van der Waals surface area (Å²) in [4.78, 5) is 12.9. The smallest absolute Gasteiger partial charge is 0.364 e. The third-order valence-corrected chi connectivity index (χ3v) is 19.1. The van der Waals surface area contributed by atoms with Crippen molar-refractivity contribution >= 4 is 5.97 Å². The van der Waals surface area contributed by atoms with Gasteiger partial charge in [0.25, 0.3) is 5.79 Å². The summed E-state index contributed by atoms with van der Waals surface area (Å²) in [5, 5.41) is 251. The normalized spacial score (nSPS) is 51.6. The Morgan fingerprint density at radius 2 is 0.832 bits per heavy atom. The Labute approximate surface area is 541 Å². The van der Waals surface area contributed by atoms with E-state index in [9.17, 15) is 122 Å².